The van der Waals surface area contributed by atoms with Crippen LogP contribution in [0, 0.1) is 0 Å². The average molecular weight is 633 g/mol. The van der Waals surface area contributed by atoms with Crippen molar-refractivity contribution in [3.05, 3.63) is 99.5 Å². The van der Waals surface area contributed by atoms with Gasteiger partial charge in [0.1, 0.15) is 12.6 Å². The lowest BCUT2D eigenvalue weighted by molar-refractivity contribution is -0.140. The number of nitrogens with one attached hydrogen (secondary N) is 1. The summed E-state index contributed by atoms with van der Waals surface area (Å²) in [5.74, 6) is -0.833. The molecule has 7 nitrogen and oxygen atoms in total. The van der Waals surface area contributed by atoms with Crippen LogP contribution in [0.5, 0.6) is 0 Å². The molecule has 3 aromatic carbocycles. The molecule has 0 aromatic heterocycles. The number of carbonyl (C=O) groups is 2. The predicted molar refractivity (Wildman–Crippen MR) is 172 cm³/mol. The van der Waals surface area contributed by atoms with Gasteiger partial charge in [-0.25, -0.2) is 8.42 Å². The summed E-state index contributed by atoms with van der Waals surface area (Å²) in [7, 11) is -3.87. The first-order valence-electron chi connectivity index (χ1n) is 14.0. The Morgan fingerprint density at radius 2 is 1.52 bits per heavy atom. The number of amides is 2. The maximum absolute atomic E-state index is 14.3. The van der Waals surface area contributed by atoms with Crippen molar-refractivity contribution in [2.75, 3.05) is 17.1 Å². The molecule has 10 heteroatoms. The van der Waals surface area contributed by atoms with Gasteiger partial charge in [-0.1, -0.05) is 98.6 Å². The third-order valence-corrected chi connectivity index (χ3v) is 8.98. The number of rotatable bonds is 13. The van der Waals surface area contributed by atoms with Crippen LogP contribution in [0.25, 0.3) is 0 Å². The lowest BCUT2D eigenvalue weighted by atomic mass is 10.0. The highest BCUT2D eigenvalue weighted by molar-refractivity contribution is 7.92. The van der Waals surface area contributed by atoms with Gasteiger partial charge in [0.05, 0.1) is 22.0 Å². The van der Waals surface area contributed by atoms with E-state index in [9.17, 15) is 18.0 Å². The summed E-state index contributed by atoms with van der Waals surface area (Å²) in [5.41, 5.74) is 2.74. The number of anilines is 1. The summed E-state index contributed by atoms with van der Waals surface area (Å²) in [6.45, 7) is 7.33. The highest BCUT2D eigenvalue weighted by Crippen LogP contribution is 2.30. The molecule has 0 aliphatic carbocycles. The molecule has 0 spiro atoms. The number of sulfonamides is 1. The number of para-hydroxylation sites is 1. The molecule has 0 aliphatic heterocycles. The second kappa shape index (κ2) is 14.9. The Balaban J connectivity index is 2.12. The van der Waals surface area contributed by atoms with Crippen LogP contribution >= 0.6 is 23.2 Å². The Bertz CT molecular complexity index is 1480. The number of nitrogens with zero attached hydrogens (tertiary/aromatic N) is 2. The first-order chi connectivity index (χ1) is 19.8. The van der Waals surface area contributed by atoms with Gasteiger partial charge in [0.15, 0.2) is 0 Å². The molecule has 0 radical (unpaired) electrons. The predicted octanol–water partition coefficient (Wildman–Crippen LogP) is 6.44. The molecule has 0 saturated heterocycles. The van der Waals surface area contributed by atoms with Crippen LogP contribution in [0.2, 0.25) is 10.0 Å². The highest BCUT2D eigenvalue weighted by Gasteiger charge is 2.34. The minimum atomic E-state index is -3.87. The second-order valence-corrected chi connectivity index (χ2v) is 13.5. The Kier molecular flexibility index (Phi) is 11.9. The monoisotopic (exact) mass is 631 g/mol. The standard InChI is InChI=1S/C32H39Cl2N3O4S/c1-6-23(4)35-32(39)30(19-24-12-8-7-9-13-24)36(20-25-16-17-27(33)28(34)18-25)31(38)21-37(42(5,40)41)29-15-11-10-14-26(29)22(2)3/h7-18,22-23,30H,6,19-21H2,1-5H3,(H,35,39)/t23-,30+/m0/s1. The Labute approximate surface area is 259 Å². The molecule has 0 aliphatic rings. The van der Waals surface area contributed by atoms with E-state index in [0.717, 1.165) is 21.7 Å². The van der Waals surface area contributed by atoms with Crippen molar-refractivity contribution in [1.29, 1.82) is 0 Å². The fourth-order valence-electron chi connectivity index (χ4n) is 4.63. The lowest BCUT2D eigenvalue weighted by Crippen LogP contribution is -2.54. The third-order valence-electron chi connectivity index (χ3n) is 7.12. The van der Waals surface area contributed by atoms with Crippen molar-refractivity contribution in [3.63, 3.8) is 0 Å². The van der Waals surface area contributed by atoms with Crippen molar-refractivity contribution in [2.45, 2.75) is 65.1 Å². The van der Waals surface area contributed by atoms with E-state index in [4.69, 9.17) is 23.2 Å². The van der Waals surface area contributed by atoms with Crippen LogP contribution in [0.3, 0.4) is 0 Å². The summed E-state index contributed by atoms with van der Waals surface area (Å²) in [6.07, 6.45) is 2.02. The van der Waals surface area contributed by atoms with E-state index in [1.54, 1.807) is 30.3 Å². The quantitative estimate of drug-likeness (QED) is 0.235. The van der Waals surface area contributed by atoms with Crippen molar-refractivity contribution < 1.29 is 18.0 Å². The SMILES string of the molecule is CC[C@H](C)NC(=O)[C@@H](Cc1ccccc1)N(Cc1ccc(Cl)c(Cl)c1)C(=O)CN(c1ccccc1C(C)C)S(C)(=O)=O. The fourth-order valence-corrected chi connectivity index (χ4v) is 5.82. The van der Waals surface area contributed by atoms with Gasteiger partial charge >= 0.3 is 0 Å². The van der Waals surface area contributed by atoms with E-state index in [1.807, 2.05) is 70.2 Å². The smallest absolute Gasteiger partial charge is 0.244 e. The minimum Gasteiger partial charge on any atom is -0.352 e. The van der Waals surface area contributed by atoms with Gasteiger partial charge in [0.25, 0.3) is 0 Å². The van der Waals surface area contributed by atoms with Crippen LogP contribution in [0.15, 0.2) is 72.8 Å². The van der Waals surface area contributed by atoms with Gasteiger partial charge in [-0.3, -0.25) is 13.9 Å². The van der Waals surface area contributed by atoms with Crippen LogP contribution in [-0.2, 0) is 32.6 Å². The number of carbonyl (C=O) groups excluding carboxylic acids is 2. The van der Waals surface area contributed by atoms with Crippen LogP contribution in [0.1, 0.15) is 56.7 Å². The zero-order valence-electron chi connectivity index (χ0n) is 24.7. The van der Waals surface area contributed by atoms with Crippen LogP contribution < -0.4 is 9.62 Å². The lowest BCUT2D eigenvalue weighted by Gasteiger charge is -2.34. The topological polar surface area (TPSA) is 86.8 Å². The minimum absolute atomic E-state index is 0.0139. The molecule has 2 amide bonds. The molecule has 226 valence electrons. The first kappa shape index (κ1) is 33.4. The second-order valence-electron chi connectivity index (χ2n) is 10.8. The molecule has 2 atom stereocenters. The van der Waals surface area contributed by atoms with Gasteiger partial charge in [0, 0.05) is 19.0 Å². The molecule has 0 bridgehead atoms. The number of benzene rings is 3. The third kappa shape index (κ3) is 8.96. The van der Waals surface area contributed by atoms with E-state index < -0.39 is 28.5 Å². The largest absolute Gasteiger partial charge is 0.352 e. The summed E-state index contributed by atoms with van der Waals surface area (Å²) in [6, 6.07) is 20.5. The Morgan fingerprint density at radius 3 is 2.12 bits per heavy atom. The Hall–Kier alpha value is -3.07. The summed E-state index contributed by atoms with van der Waals surface area (Å²) < 4.78 is 27.4. The van der Waals surface area contributed by atoms with Gasteiger partial charge in [-0.2, -0.15) is 0 Å². The van der Waals surface area contributed by atoms with Crippen LogP contribution in [0.4, 0.5) is 5.69 Å². The maximum Gasteiger partial charge on any atom is 0.244 e. The van der Waals surface area contributed by atoms with Gasteiger partial charge in [-0.15, -0.1) is 0 Å². The molecule has 0 saturated carbocycles. The van der Waals surface area contributed by atoms with Crippen molar-refractivity contribution in [1.82, 2.24) is 10.2 Å². The molecule has 0 unspecified atom stereocenters. The number of hydrogen-bond acceptors (Lipinski definition) is 4. The van der Waals surface area contributed by atoms with Crippen molar-refractivity contribution in [2.24, 2.45) is 0 Å². The zero-order chi connectivity index (χ0) is 31.0. The maximum atomic E-state index is 14.3. The van der Waals surface area contributed by atoms with Crippen LogP contribution in [-0.4, -0.2) is 50.0 Å². The summed E-state index contributed by atoms with van der Waals surface area (Å²) in [5, 5.41) is 3.70. The molecule has 3 rings (SSSR count). The Morgan fingerprint density at radius 1 is 0.881 bits per heavy atom. The summed E-state index contributed by atoms with van der Waals surface area (Å²) >= 11 is 12.5. The molecule has 42 heavy (non-hydrogen) atoms. The van der Waals surface area contributed by atoms with E-state index in [2.05, 4.69) is 5.32 Å². The molecular weight excluding hydrogens is 593 g/mol. The van der Waals surface area contributed by atoms with E-state index in [0.29, 0.717) is 27.7 Å². The summed E-state index contributed by atoms with van der Waals surface area (Å²) in [4.78, 5) is 29.5. The zero-order valence-corrected chi connectivity index (χ0v) is 27.0. The van der Waals surface area contributed by atoms with E-state index in [-0.39, 0.29) is 30.8 Å². The molecule has 3 aromatic rings. The molecular formula is C32H39Cl2N3O4S. The molecule has 0 heterocycles. The first-order valence-corrected chi connectivity index (χ1v) is 16.6. The molecule has 0 fully saturated rings. The van der Waals surface area contributed by atoms with E-state index in [1.165, 1.54) is 4.90 Å². The van der Waals surface area contributed by atoms with Crippen molar-refractivity contribution in [3.8, 4) is 0 Å². The van der Waals surface area contributed by atoms with Gasteiger partial charge in [-0.05, 0) is 54.2 Å². The normalized spacial score (nSPS) is 13.0. The number of hydrogen-bond donors (Lipinski definition) is 1. The fraction of sp³-hybridized carbons (Fsp3) is 0.375. The number of halogens is 2. The van der Waals surface area contributed by atoms with E-state index >= 15 is 0 Å². The molecule has 1 N–H and O–H groups in total. The van der Waals surface area contributed by atoms with Gasteiger partial charge in [0.2, 0.25) is 21.8 Å². The van der Waals surface area contributed by atoms with Gasteiger partial charge < -0.3 is 10.2 Å². The highest BCUT2D eigenvalue weighted by atomic mass is 35.5. The van der Waals surface area contributed by atoms with Crippen molar-refractivity contribution >= 4 is 50.7 Å². The average Bonchev–Trinajstić information content (AvgIpc) is 2.95.